The van der Waals surface area contributed by atoms with Crippen LogP contribution in [0.15, 0.2) is 54.6 Å². The maximum absolute atomic E-state index is 12.8. The predicted molar refractivity (Wildman–Crippen MR) is 94.9 cm³/mol. The maximum Gasteiger partial charge on any atom is 0.230 e. The van der Waals surface area contributed by atoms with Gasteiger partial charge in [0.25, 0.3) is 0 Å². The van der Waals surface area contributed by atoms with Gasteiger partial charge in [-0.3, -0.25) is 4.79 Å². The van der Waals surface area contributed by atoms with Crippen LogP contribution in [0.2, 0.25) is 0 Å². The van der Waals surface area contributed by atoms with Crippen molar-refractivity contribution in [1.82, 2.24) is 5.32 Å². The molecule has 122 valence electrons. The van der Waals surface area contributed by atoms with Gasteiger partial charge in [-0.1, -0.05) is 42.5 Å². The Hall–Kier alpha value is -1.81. The molecule has 0 saturated carbocycles. The number of carbonyl (C=O) groups excluding carboxylic acids is 1. The number of halogens is 1. The molecule has 2 aromatic rings. The first-order chi connectivity index (χ1) is 11.1. The van der Waals surface area contributed by atoms with E-state index in [1.807, 2.05) is 25.1 Å². The van der Waals surface area contributed by atoms with Crippen molar-refractivity contribution in [1.29, 1.82) is 0 Å². The van der Waals surface area contributed by atoms with Gasteiger partial charge >= 0.3 is 0 Å². The Morgan fingerprint density at radius 1 is 1.09 bits per heavy atom. The summed E-state index contributed by atoms with van der Waals surface area (Å²) < 4.78 is 12.8. The number of nitrogens with one attached hydrogen (secondary N) is 1. The van der Waals surface area contributed by atoms with Crippen LogP contribution in [0.1, 0.15) is 24.5 Å². The van der Waals surface area contributed by atoms with E-state index in [1.54, 1.807) is 23.9 Å². The molecule has 1 amide bonds. The Balaban J connectivity index is 1.63. The summed E-state index contributed by atoms with van der Waals surface area (Å²) in [5.41, 5.74) is 2.32. The standard InChI is InChI=1S/C19H22FNOS/c1-15(7-8-16-5-3-2-4-6-16)21-19(22)14-23-13-17-9-11-18(20)12-10-17/h2-6,9-12,15H,7-8,13-14H2,1H3,(H,21,22)/t15-/m0/s1. The molecule has 1 N–H and O–H groups in total. The smallest absolute Gasteiger partial charge is 0.230 e. The van der Waals surface area contributed by atoms with Gasteiger partial charge in [-0.2, -0.15) is 0 Å². The van der Waals surface area contributed by atoms with Crippen molar-refractivity contribution in [3.63, 3.8) is 0 Å². The minimum Gasteiger partial charge on any atom is -0.353 e. The van der Waals surface area contributed by atoms with E-state index >= 15 is 0 Å². The number of hydrogen-bond donors (Lipinski definition) is 1. The van der Waals surface area contributed by atoms with Crippen LogP contribution in [0.3, 0.4) is 0 Å². The van der Waals surface area contributed by atoms with E-state index in [1.165, 1.54) is 17.7 Å². The molecular weight excluding hydrogens is 309 g/mol. The van der Waals surface area contributed by atoms with Crippen molar-refractivity contribution in [3.8, 4) is 0 Å². The summed E-state index contributed by atoms with van der Waals surface area (Å²) in [5, 5.41) is 3.03. The molecule has 23 heavy (non-hydrogen) atoms. The van der Waals surface area contributed by atoms with E-state index in [2.05, 4.69) is 17.4 Å². The first-order valence-corrected chi connectivity index (χ1v) is 8.94. The van der Waals surface area contributed by atoms with E-state index < -0.39 is 0 Å². The lowest BCUT2D eigenvalue weighted by atomic mass is 10.1. The number of amides is 1. The van der Waals surface area contributed by atoms with Crippen molar-refractivity contribution in [2.75, 3.05) is 5.75 Å². The second-order valence-corrected chi connectivity index (χ2v) is 6.60. The number of benzene rings is 2. The van der Waals surface area contributed by atoms with Crippen LogP contribution < -0.4 is 5.32 Å². The van der Waals surface area contributed by atoms with Gasteiger partial charge in [0.2, 0.25) is 5.91 Å². The molecule has 0 spiro atoms. The van der Waals surface area contributed by atoms with E-state index in [0.717, 1.165) is 18.4 Å². The van der Waals surface area contributed by atoms with Gasteiger partial charge in [0, 0.05) is 11.8 Å². The highest BCUT2D eigenvalue weighted by atomic mass is 32.2. The molecule has 0 aliphatic carbocycles. The first kappa shape index (κ1) is 17.5. The van der Waals surface area contributed by atoms with Gasteiger partial charge in [0.05, 0.1) is 5.75 Å². The molecule has 2 rings (SSSR count). The molecule has 0 unspecified atom stereocenters. The summed E-state index contributed by atoms with van der Waals surface area (Å²) in [6, 6.07) is 16.8. The lowest BCUT2D eigenvalue weighted by Gasteiger charge is -2.13. The van der Waals surface area contributed by atoms with Crippen molar-refractivity contribution in [3.05, 3.63) is 71.5 Å². The zero-order chi connectivity index (χ0) is 16.5. The molecular formula is C19H22FNOS. The quantitative estimate of drug-likeness (QED) is 0.785. The molecule has 0 fully saturated rings. The van der Waals surface area contributed by atoms with E-state index in [9.17, 15) is 9.18 Å². The third-order valence-corrected chi connectivity index (χ3v) is 4.54. The number of hydrogen-bond acceptors (Lipinski definition) is 2. The summed E-state index contributed by atoms with van der Waals surface area (Å²) in [4.78, 5) is 11.9. The first-order valence-electron chi connectivity index (χ1n) is 7.79. The molecule has 0 bridgehead atoms. The summed E-state index contributed by atoms with van der Waals surface area (Å²) in [6.07, 6.45) is 1.89. The normalized spacial score (nSPS) is 11.9. The molecule has 1 atom stereocenters. The van der Waals surface area contributed by atoms with Gasteiger partial charge < -0.3 is 5.32 Å². The average molecular weight is 331 g/mol. The maximum atomic E-state index is 12.8. The zero-order valence-electron chi connectivity index (χ0n) is 13.3. The number of thioether (sulfide) groups is 1. The van der Waals surface area contributed by atoms with Crippen molar-refractivity contribution < 1.29 is 9.18 Å². The van der Waals surface area contributed by atoms with Gasteiger partial charge in [0.15, 0.2) is 0 Å². The lowest BCUT2D eigenvalue weighted by Crippen LogP contribution is -2.34. The largest absolute Gasteiger partial charge is 0.353 e. The Morgan fingerprint density at radius 3 is 2.48 bits per heavy atom. The molecule has 0 saturated heterocycles. The van der Waals surface area contributed by atoms with Crippen LogP contribution >= 0.6 is 11.8 Å². The van der Waals surface area contributed by atoms with Crippen LogP contribution in [0.4, 0.5) is 4.39 Å². The third-order valence-electron chi connectivity index (χ3n) is 3.53. The molecule has 2 nitrogen and oxygen atoms in total. The fourth-order valence-electron chi connectivity index (χ4n) is 2.26. The Morgan fingerprint density at radius 2 is 1.78 bits per heavy atom. The molecule has 0 radical (unpaired) electrons. The third kappa shape index (κ3) is 6.87. The second-order valence-electron chi connectivity index (χ2n) is 5.61. The van der Waals surface area contributed by atoms with E-state index in [-0.39, 0.29) is 17.8 Å². The summed E-state index contributed by atoms with van der Waals surface area (Å²) in [7, 11) is 0. The van der Waals surface area contributed by atoms with E-state index in [4.69, 9.17) is 0 Å². The van der Waals surface area contributed by atoms with Gasteiger partial charge in [-0.25, -0.2) is 4.39 Å². The monoisotopic (exact) mass is 331 g/mol. The van der Waals surface area contributed by atoms with Crippen LogP contribution in [0.5, 0.6) is 0 Å². The van der Waals surface area contributed by atoms with Crippen molar-refractivity contribution in [2.24, 2.45) is 0 Å². The van der Waals surface area contributed by atoms with Gasteiger partial charge in [0.1, 0.15) is 5.82 Å². The van der Waals surface area contributed by atoms with Crippen LogP contribution in [0, 0.1) is 5.82 Å². The van der Waals surface area contributed by atoms with Crippen LogP contribution in [-0.2, 0) is 17.0 Å². The summed E-state index contributed by atoms with van der Waals surface area (Å²) >= 11 is 1.54. The van der Waals surface area contributed by atoms with Crippen molar-refractivity contribution >= 4 is 17.7 Å². The zero-order valence-corrected chi connectivity index (χ0v) is 14.1. The molecule has 0 heterocycles. The number of rotatable bonds is 8. The SMILES string of the molecule is C[C@@H](CCc1ccccc1)NC(=O)CSCc1ccc(F)cc1. The number of aryl methyl sites for hydroxylation is 1. The van der Waals surface area contributed by atoms with Crippen LogP contribution in [0.25, 0.3) is 0 Å². The fourth-order valence-corrected chi connectivity index (χ4v) is 3.06. The minimum absolute atomic E-state index is 0.0534. The van der Waals surface area contributed by atoms with Crippen molar-refractivity contribution in [2.45, 2.75) is 31.6 Å². The molecule has 0 aromatic heterocycles. The van der Waals surface area contributed by atoms with E-state index in [0.29, 0.717) is 11.5 Å². The van der Waals surface area contributed by atoms with Gasteiger partial charge in [-0.05, 0) is 43.0 Å². The summed E-state index contributed by atoms with van der Waals surface area (Å²) in [6.45, 7) is 2.03. The molecule has 4 heteroatoms. The number of carbonyl (C=O) groups is 1. The highest BCUT2D eigenvalue weighted by molar-refractivity contribution is 7.99. The molecule has 2 aromatic carbocycles. The average Bonchev–Trinajstić information content (AvgIpc) is 2.56. The lowest BCUT2D eigenvalue weighted by molar-refractivity contribution is -0.119. The van der Waals surface area contributed by atoms with Crippen LogP contribution in [-0.4, -0.2) is 17.7 Å². The second kappa shape index (κ2) is 9.36. The Bertz CT molecular complexity index is 601. The van der Waals surface area contributed by atoms with Gasteiger partial charge in [-0.15, -0.1) is 11.8 Å². The highest BCUT2D eigenvalue weighted by Crippen LogP contribution is 2.12. The predicted octanol–water partition coefficient (Wildman–Crippen LogP) is 4.20. The Labute approximate surface area is 141 Å². The fraction of sp³-hybridized carbons (Fsp3) is 0.316. The minimum atomic E-state index is -0.233. The topological polar surface area (TPSA) is 29.1 Å². The summed E-state index contributed by atoms with van der Waals surface area (Å²) in [5.74, 6) is 0.959. The highest BCUT2D eigenvalue weighted by Gasteiger charge is 2.08. The Kier molecular flexibility index (Phi) is 7.14. The molecule has 0 aliphatic rings. The molecule has 0 aliphatic heterocycles.